The Morgan fingerprint density at radius 1 is 1.12 bits per heavy atom. The Hall–Kier alpha value is -2.04. The second-order valence-corrected chi connectivity index (χ2v) is 6.55. The lowest BCUT2D eigenvalue weighted by Gasteiger charge is -2.10. The van der Waals surface area contributed by atoms with Crippen molar-refractivity contribution in [3.63, 3.8) is 0 Å². The number of hydrogen-bond acceptors (Lipinski definition) is 2. The highest BCUT2D eigenvalue weighted by molar-refractivity contribution is 6.30. The summed E-state index contributed by atoms with van der Waals surface area (Å²) >= 11 is 5.99. The smallest absolute Gasteiger partial charge is 0.224 e. The minimum atomic E-state index is -0.0580. The van der Waals surface area contributed by atoms with Crippen LogP contribution in [-0.4, -0.2) is 27.1 Å². The third-order valence-electron chi connectivity index (χ3n) is 3.66. The van der Waals surface area contributed by atoms with Gasteiger partial charge >= 0.3 is 0 Å². The van der Waals surface area contributed by atoms with E-state index >= 15 is 0 Å². The molecule has 24 heavy (non-hydrogen) atoms. The molecule has 2 aromatic carbocycles. The van der Waals surface area contributed by atoms with E-state index in [9.17, 15) is 4.79 Å². The van der Waals surface area contributed by atoms with Crippen LogP contribution >= 0.6 is 11.6 Å². The molecule has 2 aromatic rings. The zero-order valence-corrected chi connectivity index (χ0v) is 15.1. The monoisotopic (exact) mass is 347 g/mol. The van der Waals surface area contributed by atoms with E-state index in [4.69, 9.17) is 16.3 Å². The molecule has 4 nitrogen and oxygen atoms in total. The van der Waals surface area contributed by atoms with Gasteiger partial charge in [-0.3, -0.25) is 4.79 Å². The van der Waals surface area contributed by atoms with Gasteiger partial charge in [0.1, 0.15) is 12.3 Å². The van der Waals surface area contributed by atoms with E-state index in [0.29, 0.717) is 17.3 Å². The average Bonchev–Trinajstić information content (AvgIpc) is 2.54. The van der Waals surface area contributed by atoms with Crippen LogP contribution in [0.5, 0.6) is 5.75 Å². The largest absolute Gasteiger partial charge is 0.496 e. The van der Waals surface area contributed by atoms with E-state index < -0.39 is 0 Å². The molecule has 0 unspecified atom stereocenters. The predicted octanol–water partition coefficient (Wildman–Crippen LogP) is 1.85. The van der Waals surface area contributed by atoms with E-state index in [1.165, 1.54) is 10.5 Å². The predicted molar refractivity (Wildman–Crippen MR) is 96.5 cm³/mol. The van der Waals surface area contributed by atoms with Crippen molar-refractivity contribution in [2.24, 2.45) is 0 Å². The Kier molecular flexibility index (Phi) is 6.64. The van der Waals surface area contributed by atoms with Crippen LogP contribution in [0.3, 0.4) is 0 Å². The van der Waals surface area contributed by atoms with E-state index in [1.54, 1.807) is 25.3 Å². The Morgan fingerprint density at radius 2 is 1.79 bits per heavy atom. The van der Waals surface area contributed by atoms with Gasteiger partial charge in [0.05, 0.1) is 27.6 Å². The number of halogens is 1. The number of quaternary nitrogens is 1. The van der Waals surface area contributed by atoms with Gasteiger partial charge in [-0.1, -0.05) is 35.9 Å². The van der Waals surface area contributed by atoms with E-state index in [0.717, 1.165) is 17.7 Å². The molecule has 2 rings (SSSR count). The molecule has 0 aliphatic rings. The van der Waals surface area contributed by atoms with Gasteiger partial charge in [0.15, 0.2) is 0 Å². The molecule has 0 aliphatic carbocycles. The number of carbonyl (C=O) groups is 1. The summed E-state index contributed by atoms with van der Waals surface area (Å²) in [5, 5.41) is 3.53. The quantitative estimate of drug-likeness (QED) is 0.802. The lowest BCUT2D eigenvalue weighted by Crippen LogP contribution is -3.04. The highest BCUT2D eigenvalue weighted by Crippen LogP contribution is 2.23. The summed E-state index contributed by atoms with van der Waals surface area (Å²) in [4.78, 5) is 13.5. The SMILES string of the molecule is COc1ccc(Cl)cc1CC(=O)NCc1ccc(C[NH+](C)C)cc1. The summed E-state index contributed by atoms with van der Waals surface area (Å²) in [6.07, 6.45) is 0.242. The van der Waals surface area contributed by atoms with Crippen molar-refractivity contribution in [2.75, 3.05) is 21.2 Å². The molecule has 128 valence electrons. The maximum atomic E-state index is 12.2. The molecular formula is C19H24ClN2O2+. The first-order chi connectivity index (χ1) is 11.5. The fraction of sp³-hybridized carbons (Fsp3) is 0.316. The summed E-state index contributed by atoms with van der Waals surface area (Å²) in [6.45, 7) is 1.50. The minimum Gasteiger partial charge on any atom is -0.496 e. The third kappa shape index (κ3) is 5.55. The summed E-state index contributed by atoms with van der Waals surface area (Å²) in [5.41, 5.74) is 3.15. The molecule has 0 aliphatic heterocycles. The second-order valence-electron chi connectivity index (χ2n) is 6.11. The van der Waals surface area contributed by atoms with Gasteiger partial charge in [-0.2, -0.15) is 0 Å². The van der Waals surface area contributed by atoms with Crippen LogP contribution < -0.4 is 15.0 Å². The average molecular weight is 348 g/mol. The Balaban J connectivity index is 1.90. The van der Waals surface area contributed by atoms with Gasteiger partial charge in [-0.25, -0.2) is 0 Å². The first kappa shape index (κ1) is 18.3. The molecule has 1 amide bonds. The first-order valence-corrected chi connectivity index (χ1v) is 8.31. The first-order valence-electron chi connectivity index (χ1n) is 7.94. The zero-order valence-electron chi connectivity index (χ0n) is 14.4. The number of ether oxygens (including phenoxy) is 1. The van der Waals surface area contributed by atoms with Gasteiger partial charge in [-0.15, -0.1) is 0 Å². The second kappa shape index (κ2) is 8.71. The van der Waals surface area contributed by atoms with Crippen molar-refractivity contribution in [1.29, 1.82) is 0 Å². The highest BCUT2D eigenvalue weighted by Gasteiger charge is 2.09. The lowest BCUT2D eigenvalue weighted by atomic mass is 10.1. The molecule has 0 aromatic heterocycles. The number of amides is 1. The fourth-order valence-electron chi connectivity index (χ4n) is 2.50. The van der Waals surface area contributed by atoms with Crippen molar-refractivity contribution in [3.8, 4) is 5.75 Å². The number of nitrogens with one attached hydrogen (secondary N) is 2. The Bertz CT molecular complexity index is 684. The molecule has 0 saturated carbocycles. The number of carbonyl (C=O) groups excluding carboxylic acids is 1. The van der Waals surface area contributed by atoms with Crippen LogP contribution in [0, 0.1) is 0 Å². The van der Waals surface area contributed by atoms with E-state index in [1.807, 2.05) is 0 Å². The van der Waals surface area contributed by atoms with Crippen LogP contribution in [0.1, 0.15) is 16.7 Å². The number of rotatable bonds is 7. The fourth-order valence-corrected chi connectivity index (χ4v) is 2.70. The van der Waals surface area contributed by atoms with Crippen molar-refractivity contribution >= 4 is 17.5 Å². The molecule has 5 heteroatoms. The number of methoxy groups -OCH3 is 1. The maximum absolute atomic E-state index is 12.2. The van der Waals surface area contributed by atoms with Crippen LogP contribution in [0.2, 0.25) is 5.02 Å². The van der Waals surface area contributed by atoms with Gasteiger partial charge in [0.2, 0.25) is 5.91 Å². The summed E-state index contributed by atoms with van der Waals surface area (Å²) in [5.74, 6) is 0.613. The molecule has 0 saturated heterocycles. The van der Waals surface area contributed by atoms with Gasteiger partial charge < -0.3 is 15.0 Å². The van der Waals surface area contributed by atoms with Gasteiger partial charge in [0.25, 0.3) is 0 Å². The van der Waals surface area contributed by atoms with Crippen molar-refractivity contribution in [3.05, 3.63) is 64.2 Å². The molecule has 0 atom stereocenters. The van der Waals surface area contributed by atoms with Gasteiger partial charge in [-0.05, 0) is 23.8 Å². The van der Waals surface area contributed by atoms with Crippen LogP contribution in [-0.2, 0) is 24.3 Å². The van der Waals surface area contributed by atoms with Crippen molar-refractivity contribution < 1.29 is 14.4 Å². The van der Waals surface area contributed by atoms with Crippen molar-refractivity contribution in [1.82, 2.24) is 5.32 Å². The zero-order chi connectivity index (χ0) is 17.5. The molecule has 0 radical (unpaired) electrons. The standard InChI is InChI=1S/C19H23ClN2O2/c1-22(2)13-15-6-4-14(5-7-15)12-21-19(23)11-16-10-17(20)8-9-18(16)24-3/h4-10H,11-13H2,1-3H3,(H,21,23)/p+1. The van der Waals surface area contributed by atoms with Crippen molar-refractivity contribution in [2.45, 2.75) is 19.5 Å². The Morgan fingerprint density at radius 3 is 2.42 bits per heavy atom. The summed E-state index contributed by atoms with van der Waals surface area (Å²) in [7, 11) is 5.83. The molecule has 2 N–H and O–H groups in total. The summed E-state index contributed by atoms with van der Waals surface area (Å²) < 4.78 is 5.27. The van der Waals surface area contributed by atoms with Crippen LogP contribution in [0.15, 0.2) is 42.5 Å². The van der Waals surface area contributed by atoms with E-state index in [-0.39, 0.29) is 12.3 Å². The Labute approximate surface area is 148 Å². The molecule has 0 heterocycles. The maximum Gasteiger partial charge on any atom is 0.224 e. The molecule has 0 bridgehead atoms. The topological polar surface area (TPSA) is 42.8 Å². The van der Waals surface area contributed by atoms with Gasteiger partial charge in [0, 0.05) is 22.7 Å². The third-order valence-corrected chi connectivity index (χ3v) is 3.90. The van der Waals surface area contributed by atoms with Crippen LogP contribution in [0.25, 0.3) is 0 Å². The number of hydrogen-bond donors (Lipinski definition) is 2. The highest BCUT2D eigenvalue weighted by atomic mass is 35.5. The molecule has 0 fully saturated rings. The molecule has 0 spiro atoms. The summed E-state index contributed by atoms with van der Waals surface area (Å²) in [6, 6.07) is 13.6. The lowest BCUT2D eigenvalue weighted by molar-refractivity contribution is -0.872. The van der Waals surface area contributed by atoms with E-state index in [2.05, 4.69) is 43.7 Å². The molecular weight excluding hydrogens is 324 g/mol. The van der Waals surface area contributed by atoms with Crippen LogP contribution in [0.4, 0.5) is 0 Å². The normalized spacial score (nSPS) is 10.7. The number of benzene rings is 2. The minimum absolute atomic E-state index is 0.0580.